The van der Waals surface area contributed by atoms with Gasteiger partial charge in [-0.15, -0.1) is 0 Å². The van der Waals surface area contributed by atoms with Gasteiger partial charge in [0.05, 0.1) is 11.6 Å². The number of rotatable bonds is 6. The predicted molar refractivity (Wildman–Crippen MR) is 96.1 cm³/mol. The molecule has 1 aromatic carbocycles. The molecule has 0 aliphatic carbocycles. The van der Waals surface area contributed by atoms with Gasteiger partial charge in [0.1, 0.15) is 5.78 Å². The molecule has 1 saturated heterocycles. The topological polar surface area (TPSA) is 38.1 Å². The Balaban J connectivity index is 1.55. The van der Waals surface area contributed by atoms with E-state index in [4.69, 9.17) is 0 Å². The lowest BCUT2D eigenvalue weighted by molar-refractivity contribution is -0.124. The van der Waals surface area contributed by atoms with E-state index in [1.54, 1.807) is 6.92 Å². The second-order valence-corrected chi connectivity index (χ2v) is 6.98. The Hall–Kier alpha value is -1.94. The molecule has 0 radical (unpaired) electrons. The fourth-order valence-corrected chi connectivity index (χ4v) is 3.81. The van der Waals surface area contributed by atoms with Crippen LogP contribution < -0.4 is 0 Å². The van der Waals surface area contributed by atoms with Gasteiger partial charge in [0, 0.05) is 12.7 Å². The van der Waals surface area contributed by atoms with Crippen LogP contribution in [0, 0.1) is 6.92 Å². The summed E-state index contributed by atoms with van der Waals surface area (Å²) in [4.78, 5) is 14.9. The fraction of sp³-hybridized carbons (Fsp3) is 0.500. The normalized spacial score (nSPS) is 17.8. The highest BCUT2D eigenvalue weighted by Crippen LogP contribution is 2.36. The van der Waals surface area contributed by atoms with E-state index < -0.39 is 0 Å². The van der Waals surface area contributed by atoms with Gasteiger partial charge in [0.2, 0.25) is 0 Å². The summed E-state index contributed by atoms with van der Waals surface area (Å²) in [5, 5.41) is 4.34. The van der Waals surface area contributed by atoms with Crippen LogP contribution in [0.3, 0.4) is 0 Å². The molecule has 1 aromatic heterocycles. The van der Waals surface area contributed by atoms with Gasteiger partial charge >= 0.3 is 0 Å². The molecule has 2 aromatic rings. The van der Waals surface area contributed by atoms with Crippen molar-refractivity contribution in [3.8, 4) is 0 Å². The third kappa shape index (κ3) is 3.59. The summed E-state index contributed by atoms with van der Waals surface area (Å²) in [6, 6.07) is 10.3. The number of likely N-dealkylation sites (tertiary alicyclic amines) is 1. The van der Waals surface area contributed by atoms with E-state index >= 15 is 0 Å². The minimum atomic E-state index is -0.281. The van der Waals surface area contributed by atoms with Crippen molar-refractivity contribution in [2.75, 3.05) is 19.6 Å². The van der Waals surface area contributed by atoms with Gasteiger partial charge in [-0.2, -0.15) is 5.10 Å². The molecule has 0 amide bonds. The number of carbonyl (C=O) groups excluding carboxylic acids is 1. The molecule has 1 aliphatic heterocycles. The number of benzene rings is 1. The molecule has 0 N–H and O–H groups in total. The Kier molecular flexibility index (Phi) is 5.14. The number of hydrogen-bond donors (Lipinski definition) is 0. The van der Waals surface area contributed by atoms with Crippen molar-refractivity contribution < 1.29 is 4.79 Å². The number of carbonyl (C=O) groups is 1. The molecule has 128 valence electrons. The molecule has 3 rings (SSSR count). The summed E-state index contributed by atoms with van der Waals surface area (Å²) >= 11 is 0. The first kappa shape index (κ1) is 16.9. The summed E-state index contributed by atoms with van der Waals surface area (Å²) in [5.41, 5.74) is 2.11. The monoisotopic (exact) mass is 325 g/mol. The predicted octanol–water partition coefficient (Wildman–Crippen LogP) is 3.20. The Labute approximate surface area is 144 Å². The molecule has 4 nitrogen and oxygen atoms in total. The van der Waals surface area contributed by atoms with Crippen molar-refractivity contribution >= 4 is 5.78 Å². The number of aryl methyl sites for hydroxylation is 2. The summed E-state index contributed by atoms with van der Waals surface area (Å²) in [7, 11) is 0. The van der Waals surface area contributed by atoms with E-state index in [1.807, 2.05) is 29.1 Å². The number of nitrogens with zero attached hydrogens (tertiary/aromatic N) is 3. The van der Waals surface area contributed by atoms with Crippen LogP contribution in [0.1, 0.15) is 37.3 Å². The smallest absolute Gasteiger partial charge is 0.140 e. The maximum atomic E-state index is 12.4. The molecule has 0 unspecified atom stereocenters. The van der Waals surface area contributed by atoms with Crippen LogP contribution in [-0.4, -0.2) is 40.1 Å². The average Bonchev–Trinajstić information content (AvgIpc) is 3.01. The number of aromatic nitrogens is 2. The van der Waals surface area contributed by atoms with Gasteiger partial charge < -0.3 is 4.90 Å². The van der Waals surface area contributed by atoms with Gasteiger partial charge in [-0.3, -0.25) is 9.48 Å². The molecule has 24 heavy (non-hydrogen) atoms. The van der Waals surface area contributed by atoms with Crippen LogP contribution in [0.4, 0.5) is 0 Å². The third-order valence-electron chi connectivity index (χ3n) is 5.33. The second-order valence-electron chi connectivity index (χ2n) is 6.98. The number of hydrogen-bond acceptors (Lipinski definition) is 3. The highest BCUT2D eigenvalue weighted by Gasteiger charge is 2.39. The molecule has 1 aliphatic rings. The molecule has 2 heterocycles. The maximum Gasteiger partial charge on any atom is 0.140 e. The summed E-state index contributed by atoms with van der Waals surface area (Å²) < 4.78 is 2.02. The molecule has 4 heteroatoms. The molecule has 0 atom stereocenters. The zero-order chi connectivity index (χ0) is 17.0. The third-order valence-corrected chi connectivity index (χ3v) is 5.33. The zero-order valence-electron chi connectivity index (χ0n) is 14.7. The molecule has 0 saturated carbocycles. The van der Waals surface area contributed by atoms with Gasteiger partial charge in [0.15, 0.2) is 0 Å². The Bertz CT molecular complexity index is 669. The van der Waals surface area contributed by atoms with Crippen LogP contribution in [0.2, 0.25) is 0 Å². The van der Waals surface area contributed by atoms with Crippen LogP contribution in [0.5, 0.6) is 0 Å². The van der Waals surface area contributed by atoms with Crippen molar-refractivity contribution in [2.24, 2.45) is 0 Å². The van der Waals surface area contributed by atoms with E-state index in [1.165, 1.54) is 11.1 Å². The standard InChI is InChI=1S/C20H27N3O/c1-17-15-21-23(16-17)12-6-11-22-13-9-20(10-14-22,18(2)24)19-7-4-3-5-8-19/h3-5,7-8,15-16H,6,9-14H2,1-2H3. The first-order valence-electron chi connectivity index (χ1n) is 8.88. The second kappa shape index (κ2) is 7.31. The Morgan fingerprint density at radius 1 is 1.17 bits per heavy atom. The summed E-state index contributed by atoms with van der Waals surface area (Å²) in [6.07, 6.45) is 6.94. The van der Waals surface area contributed by atoms with Gasteiger partial charge in [-0.25, -0.2) is 0 Å². The number of ketones is 1. The quantitative estimate of drug-likeness (QED) is 0.818. The zero-order valence-corrected chi connectivity index (χ0v) is 14.7. The number of Topliss-reactive ketones (excluding diaryl/α,β-unsaturated/α-hetero) is 1. The first-order valence-corrected chi connectivity index (χ1v) is 8.88. The Morgan fingerprint density at radius 2 is 1.88 bits per heavy atom. The Morgan fingerprint density at radius 3 is 2.46 bits per heavy atom. The van der Waals surface area contributed by atoms with Crippen molar-refractivity contribution in [1.29, 1.82) is 0 Å². The highest BCUT2D eigenvalue weighted by atomic mass is 16.1. The van der Waals surface area contributed by atoms with E-state index in [0.29, 0.717) is 5.78 Å². The minimum absolute atomic E-state index is 0.281. The van der Waals surface area contributed by atoms with E-state index in [-0.39, 0.29) is 5.41 Å². The van der Waals surface area contributed by atoms with E-state index in [0.717, 1.165) is 45.4 Å². The maximum absolute atomic E-state index is 12.4. The van der Waals surface area contributed by atoms with Crippen molar-refractivity contribution in [1.82, 2.24) is 14.7 Å². The van der Waals surface area contributed by atoms with E-state index in [9.17, 15) is 4.79 Å². The molecule has 1 fully saturated rings. The molecule has 0 bridgehead atoms. The van der Waals surface area contributed by atoms with Crippen LogP contribution in [-0.2, 0) is 16.8 Å². The van der Waals surface area contributed by atoms with Crippen LogP contribution >= 0.6 is 0 Å². The lowest BCUT2D eigenvalue weighted by Crippen LogP contribution is -2.46. The lowest BCUT2D eigenvalue weighted by atomic mass is 9.70. The minimum Gasteiger partial charge on any atom is -0.303 e. The van der Waals surface area contributed by atoms with Crippen molar-refractivity contribution in [3.63, 3.8) is 0 Å². The molecular weight excluding hydrogens is 298 g/mol. The van der Waals surface area contributed by atoms with Gasteiger partial charge in [0.25, 0.3) is 0 Å². The SMILES string of the molecule is CC(=O)C1(c2ccccc2)CCN(CCCn2cc(C)cn2)CC1. The largest absolute Gasteiger partial charge is 0.303 e. The van der Waals surface area contributed by atoms with Gasteiger partial charge in [-0.05, 0) is 63.9 Å². The summed E-state index contributed by atoms with van der Waals surface area (Å²) in [6.45, 7) is 7.84. The number of piperidine rings is 1. The fourth-order valence-electron chi connectivity index (χ4n) is 3.81. The van der Waals surface area contributed by atoms with Crippen LogP contribution in [0.15, 0.2) is 42.7 Å². The van der Waals surface area contributed by atoms with E-state index in [2.05, 4.69) is 35.3 Å². The van der Waals surface area contributed by atoms with Crippen molar-refractivity contribution in [2.45, 2.75) is 45.1 Å². The first-order chi connectivity index (χ1) is 11.6. The van der Waals surface area contributed by atoms with Crippen molar-refractivity contribution in [3.05, 3.63) is 53.9 Å². The summed E-state index contributed by atoms with van der Waals surface area (Å²) in [5.74, 6) is 0.306. The molecular formula is C20H27N3O. The molecule has 0 spiro atoms. The highest BCUT2D eigenvalue weighted by molar-refractivity contribution is 5.88. The lowest BCUT2D eigenvalue weighted by Gasteiger charge is -2.40. The van der Waals surface area contributed by atoms with Crippen LogP contribution in [0.25, 0.3) is 0 Å². The average molecular weight is 325 g/mol. The van der Waals surface area contributed by atoms with Gasteiger partial charge in [-0.1, -0.05) is 30.3 Å².